The maximum absolute atomic E-state index is 9.82. The van der Waals surface area contributed by atoms with Gasteiger partial charge in [0.25, 0.3) is 0 Å². The maximum atomic E-state index is 9.82. The lowest BCUT2D eigenvalue weighted by atomic mass is 9.78. The second-order valence-corrected chi connectivity index (χ2v) is 4.82. The first kappa shape index (κ1) is 10.4. The van der Waals surface area contributed by atoms with Crippen LogP contribution < -0.4 is 0 Å². The van der Waals surface area contributed by atoms with Crippen molar-refractivity contribution in [2.24, 2.45) is 11.8 Å². The second kappa shape index (κ2) is 4.63. The minimum absolute atomic E-state index is 0.376. The van der Waals surface area contributed by atoms with Gasteiger partial charge in [-0.2, -0.15) is 0 Å². The Morgan fingerprint density at radius 1 is 1.29 bits per heavy atom. The molecular formula is C12H22O2. The smallest absolute Gasteiger partial charge is 0.158 e. The number of fused-ring (bicyclic) bond motifs is 1. The highest BCUT2D eigenvalue weighted by molar-refractivity contribution is 4.88. The molecule has 1 aliphatic carbocycles. The largest absolute Gasteiger partial charge is 0.368 e. The lowest BCUT2D eigenvalue weighted by Gasteiger charge is -2.26. The normalized spacial score (nSPS) is 42.4. The zero-order chi connectivity index (χ0) is 9.97. The predicted molar refractivity (Wildman–Crippen MR) is 55.9 cm³/mol. The Hall–Kier alpha value is -0.0800. The van der Waals surface area contributed by atoms with Crippen molar-refractivity contribution in [3.05, 3.63) is 0 Å². The Labute approximate surface area is 86.6 Å². The Balaban J connectivity index is 1.93. The van der Waals surface area contributed by atoms with Crippen LogP contribution >= 0.6 is 0 Å². The van der Waals surface area contributed by atoms with Crippen molar-refractivity contribution in [2.75, 3.05) is 0 Å². The molecule has 0 amide bonds. The molecule has 1 N–H and O–H groups in total. The molecule has 2 aliphatic rings. The van der Waals surface area contributed by atoms with Crippen molar-refractivity contribution in [1.29, 1.82) is 0 Å². The quantitative estimate of drug-likeness (QED) is 0.755. The van der Waals surface area contributed by atoms with Gasteiger partial charge in [0.15, 0.2) is 6.29 Å². The van der Waals surface area contributed by atoms with Crippen LogP contribution in [0.3, 0.4) is 0 Å². The molecule has 1 saturated heterocycles. The summed E-state index contributed by atoms with van der Waals surface area (Å²) in [6.45, 7) is 2.21. The molecule has 0 aromatic carbocycles. The van der Waals surface area contributed by atoms with E-state index in [0.29, 0.717) is 17.9 Å². The van der Waals surface area contributed by atoms with E-state index in [9.17, 15) is 5.11 Å². The summed E-state index contributed by atoms with van der Waals surface area (Å²) in [4.78, 5) is 0. The second-order valence-electron chi connectivity index (χ2n) is 4.82. The molecule has 4 unspecified atom stereocenters. The van der Waals surface area contributed by atoms with Gasteiger partial charge in [-0.15, -0.1) is 0 Å². The first-order valence-corrected chi connectivity index (χ1v) is 6.16. The van der Waals surface area contributed by atoms with Crippen molar-refractivity contribution in [1.82, 2.24) is 0 Å². The van der Waals surface area contributed by atoms with E-state index >= 15 is 0 Å². The summed E-state index contributed by atoms with van der Waals surface area (Å²) in [6.07, 6.45) is 8.58. The number of hydrogen-bond acceptors (Lipinski definition) is 2. The minimum atomic E-state index is -0.463. The summed E-state index contributed by atoms with van der Waals surface area (Å²) >= 11 is 0. The fourth-order valence-corrected chi connectivity index (χ4v) is 3.07. The standard InChI is InChI=1S/C12H22O2/c1-2-3-6-10-9-7-4-5-8-11(9)14-12(10)13/h9-13H,2-8H2,1H3. The SMILES string of the molecule is CCCCC1C(O)OC2CCCCC21. The van der Waals surface area contributed by atoms with Crippen LogP contribution in [0, 0.1) is 11.8 Å². The van der Waals surface area contributed by atoms with E-state index in [1.54, 1.807) is 0 Å². The van der Waals surface area contributed by atoms with E-state index in [-0.39, 0.29) is 0 Å². The summed E-state index contributed by atoms with van der Waals surface area (Å²) < 4.78 is 5.63. The number of rotatable bonds is 3. The van der Waals surface area contributed by atoms with Gasteiger partial charge in [0, 0.05) is 5.92 Å². The third-order valence-electron chi connectivity index (χ3n) is 3.88. The summed E-state index contributed by atoms with van der Waals surface area (Å²) in [5.41, 5.74) is 0. The molecule has 1 aliphatic heterocycles. The molecule has 0 bridgehead atoms. The van der Waals surface area contributed by atoms with Gasteiger partial charge in [-0.05, 0) is 25.2 Å². The van der Waals surface area contributed by atoms with Gasteiger partial charge in [-0.1, -0.05) is 32.6 Å². The van der Waals surface area contributed by atoms with Crippen molar-refractivity contribution in [2.45, 2.75) is 64.3 Å². The Morgan fingerprint density at radius 2 is 2.07 bits per heavy atom. The molecule has 2 fully saturated rings. The lowest BCUT2D eigenvalue weighted by molar-refractivity contribution is -0.111. The van der Waals surface area contributed by atoms with Crippen molar-refractivity contribution < 1.29 is 9.84 Å². The third-order valence-corrected chi connectivity index (χ3v) is 3.88. The fourth-order valence-electron chi connectivity index (χ4n) is 3.07. The molecule has 4 atom stereocenters. The zero-order valence-corrected chi connectivity index (χ0v) is 9.11. The van der Waals surface area contributed by atoms with Crippen molar-refractivity contribution >= 4 is 0 Å². The summed E-state index contributed by atoms with van der Waals surface area (Å²) in [6, 6.07) is 0. The van der Waals surface area contributed by atoms with Crippen LogP contribution in [0.15, 0.2) is 0 Å². The van der Waals surface area contributed by atoms with Gasteiger partial charge in [0.2, 0.25) is 0 Å². The monoisotopic (exact) mass is 198 g/mol. The Bertz CT molecular complexity index is 181. The highest BCUT2D eigenvalue weighted by Gasteiger charge is 2.43. The predicted octanol–water partition coefficient (Wildman–Crippen LogP) is 2.70. The van der Waals surface area contributed by atoms with Gasteiger partial charge in [-0.3, -0.25) is 0 Å². The average molecular weight is 198 g/mol. The molecule has 2 heteroatoms. The van der Waals surface area contributed by atoms with E-state index < -0.39 is 6.29 Å². The lowest BCUT2D eigenvalue weighted by Crippen LogP contribution is -2.25. The molecule has 0 radical (unpaired) electrons. The van der Waals surface area contributed by atoms with Crippen molar-refractivity contribution in [3.8, 4) is 0 Å². The number of aliphatic hydroxyl groups excluding tert-OH is 1. The average Bonchev–Trinajstić information content (AvgIpc) is 2.51. The van der Waals surface area contributed by atoms with Gasteiger partial charge in [0.05, 0.1) is 6.10 Å². The molecule has 0 spiro atoms. The molecule has 1 heterocycles. The first-order valence-electron chi connectivity index (χ1n) is 6.16. The number of ether oxygens (including phenoxy) is 1. The van der Waals surface area contributed by atoms with Crippen LogP contribution in [0.25, 0.3) is 0 Å². The molecule has 82 valence electrons. The molecule has 1 saturated carbocycles. The Kier molecular flexibility index (Phi) is 3.45. The van der Waals surface area contributed by atoms with E-state index in [1.807, 2.05) is 0 Å². The van der Waals surface area contributed by atoms with Crippen LogP contribution in [0.1, 0.15) is 51.9 Å². The molecule has 2 rings (SSSR count). The van der Waals surface area contributed by atoms with Crippen LogP contribution in [-0.4, -0.2) is 17.5 Å². The van der Waals surface area contributed by atoms with Crippen molar-refractivity contribution in [3.63, 3.8) is 0 Å². The maximum Gasteiger partial charge on any atom is 0.158 e. The number of unbranched alkanes of at least 4 members (excludes halogenated alkanes) is 1. The van der Waals surface area contributed by atoms with Gasteiger partial charge >= 0.3 is 0 Å². The van der Waals surface area contributed by atoms with Gasteiger partial charge in [-0.25, -0.2) is 0 Å². The first-order chi connectivity index (χ1) is 6.83. The van der Waals surface area contributed by atoms with Crippen LogP contribution in [0.4, 0.5) is 0 Å². The summed E-state index contributed by atoms with van der Waals surface area (Å²) in [5, 5.41) is 9.82. The van der Waals surface area contributed by atoms with Gasteiger partial charge < -0.3 is 9.84 Å². The molecule has 14 heavy (non-hydrogen) atoms. The van der Waals surface area contributed by atoms with E-state index in [4.69, 9.17) is 4.74 Å². The van der Waals surface area contributed by atoms with Gasteiger partial charge in [0.1, 0.15) is 0 Å². The van der Waals surface area contributed by atoms with E-state index in [0.717, 1.165) is 6.42 Å². The molecular weight excluding hydrogens is 176 g/mol. The number of hydrogen-bond donors (Lipinski definition) is 1. The van der Waals surface area contributed by atoms with E-state index in [1.165, 1.54) is 38.5 Å². The highest BCUT2D eigenvalue weighted by Crippen LogP contribution is 2.42. The number of aliphatic hydroxyl groups is 1. The third kappa shape index (κ3) is 1.96. The minimum Gasteiger partial charge on any atom is -0.368 e. The molecule has 2 nitrogen and oxygen atoms in total. The highest BCUT2D eigenvalue weighted by atomic mass is 16.6. The molecule has 0 aromatic rings. The summed E-state index contributed by atoms with van der Waals surface area (Å²) in [5.74, 6) is 1.09. The fraction of sp³-hybridized carbons (Fsp3) is 1.00. The topological polar surface area (TPSA) is 29.5 Å². The van der Waals surface area contributed by atoms with Crippen LogP contribution in [-0.2, 0) is 4.74 Å². The van der Waals surface area contributed by atoms with Crippen LogP contribution in [0.2, 0.25) is 0 Å². The summed E-state index contributed by atoms with van der Waals surface area (Å²) in [7, 11) is 0. The zero-order valence-electron chi connectivity index (χ0n) is 9.11. The molecule has 0 aromatic heterocycles. The van der Waals surface area contributed by atoms with Crippen LogP contribution in [0.5, 0.6) is 0 Å². The Morgan fingerprint density at radius 3 is 2.86 bits per heavy atom. The van der Waals surface area contributed by atoms with E-state index in [2.05, 4.69) is 6.92 Å².